The highest BCUT2D eigenvalue weighted by Gasteiger charge is 2.24. The first kappa shape index (κ1) is 15.0. The van der Waals surface area contributed by atoms with Crippen molar-refractivity contribution < 1.29 is 0 Å². The molecule has 9 nitrogen and oxygen atoms in total. The molecule has 0 aromatic carbocycles. The zero-order chi connectivity index (χ0) is 15.8. The third kappa shape index (κ3) is 3.04. The summed E-state index contributed by atoms with van der Waals surface area (Å²) in [4.78, 5) is 11.2. The van der Waals surface area contributed by atoms with Crippen LogP contribution in [0.4, 0.5) is 0 Å². The van der Waals surface area contributed by atoms with Gasteiger partial charge in [-0.2, -0.15) is 31.6 Å². The highest BCUT2D eigenvalue weighted by Crippen LogP contribution is 2.18. The average molecular weight is 273 g/mol. The molecule has 0 saturated heterocycles. The first-order chi connectivity index (χ1) is 10.1. The molecular weight excluding hydrogens is 270 g/mol. The fourth-order valence-electron chi connectivity index (χ4n) is 1.25. The van der Waals surface area contributed by atoms with Crippen molar-refractivity contribution in [3.8, 4) is 36.4 Å². The lowest BCUT2D eigenvalue weighted by Gasteiger charge is -2.07. The molecular formula is C12H3N9. The summed E-state index contributed by atoms with van der Waals surface area (Å²) >= 11 is 0. The maximum atomic E-state index is 8.83. The van der Waals surface area contributed by atoms with Crippen molar-refractivity contribution in [2.24, 2.45) is 0 Å². The number of rotatable bonds is 3. The number of nitriles is 6. The SMILES string of the molecule is N#CC(C#N)c1nc(C(C#N)C#N)nc(C(C#N)C#N)n1. The van der Waals surface area contributed by atoms with Crippen LogP contribution in [-0.2, 0) is 0 Å². The minimum Gasteiger partial charge on any atom is -0.213 e. The summed E-state index contributed by atoms with van der Waals surface area (Å²) in [6, 6.07) is 9.76. The lowest BCUT2D eigenvalue weighted by Crippen LogP contribution is -2.14. The molecule has 0 fully saturated rings. The van der Waals surface area contributed by atoms with Crippen LogP contribution in [0.2, 0.25) is 0 Å². The summed E-state index contributed by atoms with van der Waals surface area (Å²) in [6.07, 6.45) is 0. The van der Waals surface area contributed by atoms with Gasteiger partial charge in [0, 0.05) is 0 Å². The van der Waals surface area contributed by atoms with Gasteiger partial charge in [0.05, 0.1) is 36.4 Å². The van der Waals surface area contributed by atoms with Gasteiger partial charge in [0.25, 0.3) is 0 Å². The van der Waals surface area contributed by atoms with E-state index in [1.54, 1.807) is 36.4 Å². The summed E-state index contributed by atoms with van der Waals surface area (Å²) in [7, 11) is 0. The van der Waals surface area contributed by atoms with Crippen LogP contribution in [0.3, 0.4) is 0 Å². The first-order valence-corrected chi connectivity index (χ1v) is 5.28. The van der Waals surface area contributed by atoms with Gasteiger partial charge >= 0.3 is 0 Å². The molecule has 0 saturated carbocycles. The Hall–Kier alpha value is -4.05. The highest BCUT2D eigenvalue weighted by molar-refractivity contribution is 5.28. The predicted molar refractivity (Wildman–Crippen MR) is 61.7 cm³/mol. The van der Waals surface area contributed by atoms with Crippen LogP contribution in [0.5, 0.6) is 0 Å². The molecule has 0 atom stereocenters. The summed E-state index contributed by atoms with van der Waals surface area (Å²) in [5, 5.41) is 53.0. The average Bonchev–Trinajstić information content (AvgIpc) is 2.51. The molecule has 1 heterocycles. The van der Waals surface area contributed by atoms with Gasteiger partial charge in [-0.1, -0.05) is 0 Å². The molecule has 0 aliphatic heterocycles. The molecule has 1 aromatic heterocycles. The van der Waals surface area contributed by atoms with Crippen LogP contribution >= 0.6 is 0 Å². The van der Waals surface area contributed by atoms with E-state index in [1.165, 1.54) is 0 Å². The number of hydrogen-bond acceptors (Lipinski definition) is 9. The zero-order valence-electron chi connectivity index (χ0n) is 10.3. The molecule has 9 heteroatoms. The molecule has 96 valence electrons. The summed E-state index contributed by atoms with van der Waals surface area (Å²) in [5.74, 6) is -4.98. The van der Waals surface area contributed by atoms with Crippen LogP contribution in [0, 0.1) is 68.0 Å². The second-order valence-electron chi connectivity index (χ2n) is 3.48. The Morgan fingerprint density at radius 1 is 0.476 bits per heavy atom. The number of nitrogens with zero attached hydrogens (tertiary/aromatic N) is 9. The minimum absolute atomic E-state index is 0.300. The van der Waals surface area contributed by atoms with Crippen LogP contribution in [0.15, 0.2) is 0 Å². The fourth-order valence-corrected chi connectivity index (χ4v) is 1.25. The Kier molecular flexibility index (Phi) is 4.84. The Morgan fingerprint density at radius 2 is 0.667 bits per heavy atom. The third-order valence-corrected chi connectivity index (χ3v) is 2.24. The van der Waals surface area contributed by atoms with Crippen LogP contribution < -0.4 is 0 Å². The smallest absolute Gasteiger partial charge is 0.192 e. The quantitative estimate of drug-likeness (QED) is 0.745. The maximum absolute atomic E-state index is 8.83. The second kappa shape index (κ2) is 6.77. The fraction of sp³-hybridized carbons (Fsp3) is 0.250. The van der Waals surface area contributed by atoms with E-state index in [1.807, 2.05) is 0 Å². The molecule has 0 aliphatic carbocycles. The van der Waals surface area contributed by atoms with Crippen LogP contribution in [-0.4, -0.2) is 15.0 Å². The molecule has 0 amide bonds. The summed E-state index contributed by atoms with van der Waals surface area (Å²) < 4.78 is 0. The Balaban J connectivity index is 3.58. The highest BCUT2D eigenvalue weighted by atomic mass is 15.0. The third-order valence-electron chi connectivity index (χ3n) is 2.24. The van der Waals surface area contributed by atoms with Gasteiger partial charge in [0.15, 0.2) is 35.2 Å². The van der Waals surface area contributed by atoms with E-state index in [4.69, 9.17) is 31.6 Å². The normalized spacial score (nSPS) is 9.00. The molecule has 1 aromatic rings. The van der Waals surface area contributed by atoms with E-state index in [9.17, 15) is 0 Å². The lowest BCUT2D eigenvalue weighted by atomic mass is 10.1. The van der Waals surface area contributed by atoms with Crippen LogP contribution in [0.1, 0.15) is 35.2 Å². The van der Waals surface area contributed by atoms with Gasteiger partial charge in [0.2, 0.25) is 0 Å². The Bertz CT molecular complexity index is 636. The van der Waals surface area contributed by atoms with E-state index < -0.39 is 17.8 Å². The van der Waals surface area contributed by atoms with Crippen molar-refractivity contribution in [3.63, 3.8) is 0 Å². The Morgan fingerprint density at radius 3 is 0.810 bits per heavy atom. The standard InChI is InChI=1S/C12H3N9/c13-1-7(2-14)10-19-11(8(3-15)4-16)21-12(20-10)9(5-17)6-18/h7-9H. The molecule has 0 radical (unpaired) electrons. The number of aromatic nitrogens is 3. The van der Waals surface area contributed by atoms with Gasteiger partial charge in [-0.15, -0.1) is 0 Å². The van der Waals surface area contributed by atoms with Crippen molar-refractivity contribution in [1.29, 1.82) is 31.6 Å². The van der Waals surface area contributed by atoms with Crippen molar-refractivity contribution in [2.45, 2.75) is 17.8 Å². The molecule has 0 aliphatic rings. The van der Waals surface area contributed by atoms with Crippen molar-refractivity contribution in [1.82, 2.24) is 15.0 Å². The van der Waals surface area contributed by atoms with Crippen molar-refractivity contribution >= 4 is 0 Å². The first-order valence-electron chi connectivity index (χ1n) is 5.28. The van der Waals surface area contributed by atoms with Crippen LogP contribution in [0.25, 0.3) is 0 Å². The molecule has 1 rings (SSSR count). The zero-order valence-corrected chi connectivity index (χ0v) is 10.3. The summed E-state index contributed by atoms with van der Waals surface area (Å²) in [5.41, 5.74) is 0. The molecule has 0 N–H and O–H groups in total. The van der Waals surface area contributed by atoms with E-state index in [-0.39, 0.29) is 17.5 Å². The topological polar surface area (TPSA) is 181 Å². The minimum atomic E-state index is -1.36. The lowest BCUT2D eigenvalue weighted by molar-refractivity contribution is 0.760. The Labute approximate surface area is 119 Å². The van der Waals surface area contributed by atoms with E-state index >= 15 is 0 Å². The van der Waals surface area contributed by atoms with E-state index in [0.29, 0.717) is 0 Å². The predicted octanol–water partition coefficient (Wildman–Crippen LogP) is 0.264. The van der Waals surface area contributed by atoms with Gasteiger partial charge in [-0.05, 0) is 0 Å². The largest absolute Gasteiger partial charge is 0.213 e. The summed E-state index contributed by atoms with van der Waals surface area (Å²) in [6.45, 7) is 0. The molecule has 0 unspecified atom stereocenters. The maximum Gasteiger partial charge on any atom is 0.192 e. The van der Waals surface area contributed by atoms with E-state index in [2.05, 4.69) is 15.0 Å². The molecule has 0 spiro atoms. The van der Waals surface area contributed by atoms with Crippen molar-refractivity contribution in [2.75, 3.05) is 0 Å². The second-order valence-corrected chi connectivity index (χ2v) is 3.48. The number of hydrogen-bond donors (Lipinski definition) is 0. The van der Waals surface area contributed by atoms with Gasteiger partial charge in [0.1, 0.15) is 0 Å². The molecule has 21 heavy (non-hydrogen) atoms. The van der Waals surface area contributed by atoms with Gasteiger partial charge in [-0.25, -0.2) is 15.0 Å². The van der Waals surface area contributed by atoms with Gasteiger partial charge in [-0.3, -0.25) is 0 Å². The monoisotopic (exact) mass is 273 g/mol. The van der Waals surface area contributed by atoms with Gasteiger partial charge < -0.3 is 0 Å². The van der Waals surface area contributed by atoms with E-state index in [0.717, 1.165) is 0 Å². The van der Waals surface area contributed by atoms with Crippen molar-refractivity contribution in [3.05, 3.63) is 17.5 Å². The molecule has 0 bridgehead atoms.